The Bertz CT molecular complexity index is 2100. The van der Waals surface area contributed by atoms with Crippen LogP contribution in [0.1, 0.15) is 56.8 Å². The van der Waals surface area contributed by atoms with E-state index in [2.05, 4.69) is 0 Å². The first kappa shape index (κ1) is 38.8. The molecule has 0 aliphatic rings. The van der Waals surface area contributed by atoms with Crippen LogP contribution in [0.2, 0.25) is 0 Å². The molecule has 0 bridgehead atoms. The zero-order valence-corrected chi connectivity index (χ0v) is 26.9. The van der Waals surface area contributed by atoms with E-state index in [1.807, 2.05) is 0 Å². The minimum Gasteiger partial charge on any atom is -0.462 e. The van der Waals surface area contributed by atoms with E-state index >= 15 is 0 Å². The Balaban J connectivity index is 2.20. The van der Waals surface area contributed by atoms with Crippen molar-refractivity contribution in [1.29, 1.82) is 10.5 Å². The van der Waals surface area contributed by atoms with Crippen molar-refractivity contribution in [3.63, 3.8) is 0 Å². The SMILES string of the molecule is CCOC(=O)c1c([N+](=O)[O-])ccc(Oc2ccc([N+](=O)[O-])c(C(=O)OCC)c2-c2ccc(C(F)(F)F)cc2C#N)c1-c1ccc(C(F)(F)F)cc1C#N. The normalized spacial score (nSPS) is 11.2. The van der Waals surface area contributed by atoms with Crippen molar-refractivity contribution in [3.05, 3.63) is 114 Å². The van der Waals surface area contributed by atoms with Crippen LogP contribution in [0.15, 0.2) is 60.7 Å². The Morgan fingerprint density at radius 3 is 1.30 bits per heavy atom. The molecule has 0 heterocycles. The van der Waals surface area contributed by atoms with Crippen LogP contribution in [0, 0.1) is 42.9 Å². The van der Waals surface area contributed by atoms with Gasteiger partial charge in [0, 0.05) is 34.4 Å². The molecule has 4 aromatic rings. The molecule has 19 heteroatoms. The highest BCUT2D eigenvalue weighted by atomic mass is 19.4. The van der Waals surface area contributed by atoms with Crippen LogP contribution in [0.5, 0.6) is 11.5 Å². The molecule has 0 amide bonds. The third-order valence-electron chi connectivity index (χ3n) is 7.34. The minimum atomic E-state index is -4.96. The Hall–Kier alpha value is -7.02. The molecule has 4 aromatic carbocycles. The molecule has 0 saturated heterocycles. The number of nitrogens with zero attached hydrogens (tertiary/aromatic N) is 4. The number of carbonyl (C=O) groups excluding carboxylic acids is 2. The van der Waals surface area contributed by atoms with Crippen LogP contribution in [-0.4, -0.2) is 35.0 Å². The van der Waals surface area contributed by atoms with Crippen molar-refractivity contribution < 1.29 is 60.0 Å². The van der Waals surface area contributed by atoms with Gasteiger partial charge in [0.15, 0.2) is 0 Å². The van der Waals surface area contributed by atoms with Crippen molar-refractivity contribution in [3.8, 4) is 45.9 Å². The molecule has 53 heavy (non-hydrogen) atoms. The summed E-state index contributed by atoms with van der Waals surface area (Å²) in [5.74, 6) is -4.08. The molecule has 0 saturated carbocycles. The van der Waals surface area contributed by atoms with Gasteiger partial charge in [0.25, 0.3) is 11.4 Å². The maximum absolute atomic E-state index is 13.6. The van der Waals surface area contributed by atoms with Gasteiger partial charge < -0.3 is 14.2 Å². The van der Waals surface area contributed by atoms with Gasteiger partial charge in [-0.3, -0.25) is 20.2 Å². The highest BCUT2D eigenvalue weighted by Crippen LogP contribution is 2.48. The highest BCUT2D eigenvalue weighted by molar-refractivity contribution is 6.05. The number of nitro benzene ring substituents is 2. The van der Waals surface area contributed by atoms with Crippen LogP contribution >= 0.6 is 0 Å². The maximum Gasteiger partial charge on any atom is 0.416 e. The molecule has 0 unspecified atom stereocenters. The summed E-state index contributed by atoms with van der Waals surface area (Å²) in [6, 6.07) is 9.47. The number of rotatable bonds is 10. The molecule has 0 spiro atoms. The third-order valence-corrected chi connectivity index (χ3v) is 7.34. The average molecular weight is 743 g/mol. The number of nitriles is 2. The van der Waals surface area contributed by atoms with E-state index in [4.69, 9.17) is 14.2 Å². The Morgan fingerprint density at radius 1 is 0.660 bits per heavy atom. The molecular formula is C34H20F6N4O9. The molecule has 0 atom stereocenters. The molecule has 0 N–H and O–H groups in total. The van der Waals surface area contributed by atoms with Crippen LogP contribution in [0.3, 0.4) is 0 Å². The predicted octanol–water partition coefficient (Wildman–Crippen LogP) is 8.76. The standard InChI is InChI=1S/C34H20F6N4O9/c1-3-51-31(45)29-23(43(47)48)9-11-25(27(29)21-7-5-19(33(35,36)37)13-17(21)15-41)53-26-12-10-24(44(49)50)30(32(46)52-4-2)28(26)22-8-6-20(34(38,39)40)14-18(22)16-42/h5-14H,3-4H2,1-2H3. The van der Waals surface area contributed by atoms with Crippen molar-refractivity contribution in [2.75, 3.05) is 13.2 Å². The predicted molar refractivity (Wildman–Crippen MR) is 168 cm³/mol. The van der Waals surface area contributed by atoms with E-state index in [1.54, 1.807) is 0 Å². The van der Waals surface area contributed by atoms with Gasteiger partial charge in [0.2, 0.25) is 0 Å². The monoisotopic (exact) mass is 742 g/mol. The first-order valence-electron chi connectivity index (χ1n) is 14.8. The second-order valence-corrected chi connectivity index (χ2v) is 10.5. The van der Waals surface area contributed by atoms with Gasteiger partial charge in [0.1, 0.15) is 22.6 Å². The Kier molecular flexibility index (Phi) is 11.0. The summed E-state index contributed by atoms with van der Waals surface area (Å²) >= 11 is 0. The summed E-state index contributed by atoms with van der Waals surface area (Å²) in [6.07, 6.45) is -9.93. The zero-order chi connectivity index (χ0) is 39.4. The van der Waals surface area contributed by atoms with E-state index in [1.165, 1.54) is 26.0 Å². The summed E-state index contributed by atoms with van der Waals surface area (Å²) in [7, 11) is 0. The van der Waals surface area contributed by atoms with E-state index < -0.39 is 113 Å². The largest absolute Gasteiger partial charge is 0.462 e. The maximum atomic E-state index is 13.6. The van der Waals surface area contributed by atoms with Gasteiger partial charge in [-0.25, -0.2) is 9.59 Å². The molecule has 13 nitrogen and oxygen atoms in total. The Labute approximate surface area is 293 Å². The van der Waals surface area contributed by atoms with Crippen LogP contribution in [0.4, 0.5) is 37.7 Å². The van der Waals surface area contributed by atoms with Gasteiger partial charge in [-0.05, 0) is 50.2 Å². The Morgan fingerprint density at radius 2 is 1.02 bits per heavy atom. The minimum absolute atomic E-state index is 0.362. The number of ether oxygens (including phenoxy) is 3. The van der Waals surface area contributed by atoms with E-state index in [0.717, 1.165) is 36.4 Å². The smallest absolute Gasteiger partial charge is 0.416 e. The van der Waals surface area contributed by atoms with E-state index in [0.29, 0.717) is 24.3 Å². The van der Waals surface area contributed by atoms with Gasteiger partial charge in [0.05, 0.1) is 57.5 Å². The lowest BCUT2D eigenvalue weighted by Crippen LogP contribution is -2.13. The summed E-state index contributed by atoms with van der Waals surface area (Å²) in [6.45, 7) is 1.94. The zero-order valence-electron chi connectivity index (χ0n) is 26.9. The molecule has 4 rings (SSSR count). The molecule has 0 fully saturated rings. The first-order chi connectivity index (χ1) is 24.9. The van der Waals surface area contributed by atoms with E-state index in [9.17, 15) is 66.7 Å². The van der Waals surface area contributed by atoms with Crippen LogP contribution in [0.25, 0.3) is 22.3 Å². The van der Waals surface area contributed by atoms with Gasteiger partial charge in [-0.2, -0.15) is 36.9 Å². The van der Waals surface area contributed by atoms with E-state index in [-0.39, 0.29) is 13.2 Å². The van der Waals surface area contributed by atoms with Crippen LogP contribution < -0.4 is 4.74 Å². The number of carbonyl (C=O) groups is 2. The fraction of sp³-hybridized carbons (Fsp3) is 0.176. The molecule has 272 valence electrons. The number of hydrogen-bond acceptors (Lipinski definition) is 11. The lowest BCUT2D eigenvalue weighted by molar-refractivity contribution is -0.385. The molecular weight excluding hydrogens is 722 g/mol. The second kappa shape index (κ2) is 15.1. The summed E-state index contributed by atoms with van der Waals surface area (Å²) in [5.41, 5.74) is -10.3. The number of nitro groups is 2. The lowest BCUT2D eigenvalue weighted by atomic mass is 9.91. The van der Waals surface area contributed by atoms with Gasteiger partial charge in [-0.15, -0.1) is 0 Å². The number of hydrogen-bond donors (Lipinski definition) is 0. The van der Waals surface area contributed by atoms with Gasteiger partial charge >= 0.3 is 24.3 Å². The quantitative estimate of drug-likeness (QED) is 0.0652. The summed E-state index contributed by atoms with van der Waals surface area (Å²) < 4.78 is 97.7. The number of esters is 2. The summed E-state index contributed by atoms with van der Waals surface area (Å²) in [5, 5.41) is 44.0. The van der Waals surface area contributed by atoms with Crippen LogP contribution in [-0.2, 0) is 21.8 Å². The number of halogens is 6. The fourth-order valence-electron chi connectivity index (χ4n) is 5.15. The van der Waals surface area contributed by atoms with Crippen molar-refractivity contribution in [1.82, 2.24) is 0 Å². The van der Waals surface area contributed by atoms with Gasteiger partial charge in [-0.1, -0.05) is 12.1 Å². The second-order valence-electron chi connectivity index (χ2n) is 10.5. The lowest BCUT2D eigenvalue weighted by Gasteiger charge is -2.20. The molecule has 0 aliphatic carbocycles. The topological polar surface area (TPSA) is 196 Å². The highest BCUT2D eigenvalue weighted by Gasteiger charge is 2.37. The average Bonchev–Trinajstić information content (AvgIpc) is 3.09. The summed E-state index contributed by atoms with van der Waals surface area (Å²) in [4.78, 5) is 48.8. The first-order valence-corrected chi connectivity index (χ1v) is 14.8. The number of benzene rings is 4. The number of alkyl halides is 6. The molecule has 0 aliphatic heterocycles. The van der Waals surface area contributed by atoms with Crippen molar-refractivity contribution in [2.24, 2.45) is 0 Å². The molecule has 0 aromatic heterocycles. The molecule has 0 radical (unpaired) electrons. The third kappa shape index (κ3) is 7.84. The van der Waals surface area contributed by atoms with Crippen molar-refractivity contribution >= 4 is 23.3 Å². The fourth-order valence-corrected chi connectivity index (χ4v) is 5.15. The van der Waals surface area contributed by atoms with Crippen molar-refractivity contribution in [2.45, 2.75) is 26.2 Å².